The van der Waals surface area contributed by atoms with Crippen LogP contribution in [0.15, 0.2) is 17.4 Å². The minimum atomic E-state index is 0. The molecule has 2 aliphatic rings. The second-order valence-corrected chi connectivity index (χ2v) is 8.49. The van der Waals surface area contributed by atoms with E-state index in [0.717, 1.165) is 45.0 Å². The van der Waals surface area contributed by atoms with Gasteiger partial charge in [0.15, 0.2) is 5.96 Å². The number of hydrogen-bond donors (Lipinski definition) is 2. The van der Waals surface area contributed by atoms with Gasteiger partial charge in [0.25, 0.3) is 0 Å². The molecule has 3 rings (SSSR count). The number of rotatable bonds is 8. The van der Waals surface area contributed by atoms with Gasteiger partial charge in [-0.15, -0.1) is 24.0 Å². The maximum Gasteiger partial charge on any atom is 0.191 e. The Morgan fingerprint density at radius 2 is 1.97 bits per heavy atom. The Labute approximate surface area is 199 Å². The van der Waals surface area contributed by atoms with Gasteiger partial charge in [0.1, 0.15) is 0 Å². The molecular weight excluding hydrogens is 491 g/mol. The van der Waals surface area contributed by atoms with Crippen molar-refractivity contribution >= 4 is 35.6 Å². The zero-order valence-corrected chi connectivity index (χ0v) is 21.1. The Bertz CT molecular complexity index is 615. The number of piperidine rings is 1. The molecule has 8 heteroatoms. The van der Waals surface area contributed by atoms with E-state index < -0.39 is 0 Å². The molecule has 1 aromatic heterocycles. The third-order valence-corrected chi connectivity index (χ3v) is 6.06. The van der Waals surface area contributed by atoms with E-state index in [1.54, 1.807) is 0 Å². The van der Waals surface area contributed by atoms with Crippen molar-refractivity contribution < 1.29 is 4.74 Å². The van der Waals surface area contributed by atoms with E-state index in [1.165, 1.54) is 57.1 Å². The number of hydrogen-bond acceptors (Lipinski definition) is 4. The number of ether oxygens (including phenoxy) is 1. The van der Waals surface area contributed by atoms with Gasteiger partial charge in [-0.2, -0.15) is 5.10 Å². The van der Waals surface area contributed by atoms with Crippen LogP contribution in [-0.4, -0.2) is 61.2 Å². The van der Waals surface area contributed by atoms with Crippen LogP contribution in [0.2, 0.25) is 0 Å². The highest BCUT2D eigenvalue weighted by atomic mass is 127. The molecule has 1 unspecified atom stereocenters. The smallest absolute Gasteiger partial charge is 0.191 e. The van der Waals surface area contributed by atoms with Gasteiger partial charge in [-0.25, -0.2) is 0 Å². The molecule has 1 aliphatic heterocycles. The van der Waals surface area contributed by atoms with Gasteiger partial charge in [-0.3, -0.25) is 9.67 Å². The Morgan fingerprint density at radius 1 is 1.17 bits per heavy atom. The SMILES string of the molecule is CN=C(NCCCCOC1CCCCCC1)NC1CCCN(c2cnn(C)c2)C1.I. The molecule has 0 bridgehead atoms. The Balaban J connectivity index is 0.00000320. The molecule has 2 N–H and O–H groups in total. The van der Waals surface area contributed by atoms with Crippen LogP contribution >= 0.6 is 24.0 Å². The molecule has 1 atom stereocenters. The van der Waals surface area contributed by atoms with Crippen LogP contribution in [0, 0.1) is 0 Å². The topological polar surface area (TPSA) is 66.7 Å². The summed E-state index contributed by atoms with van der Waals surface area (Å²) < 4.78 is 7.95. The van der Waals surface area contributed by atoms with Crippen LogP contribution in [0.3, 0.4) is 0 Å². The minimum absolute atomic E-state index is 0. The molecule has 172 valence electrons. The number of halogens is 1. The van der Waals surface area contributed by atoms with E-state index in [2.05, 4.69) is 31.8 Å². The first-order valence-electron chi connectivity index (χ1n) is 11.6. The van der Waals surface area contributed by atoms with Crippen LogP contribution in [0.5, 0.6) is 0 Å². The molecule has 1 saturated carbocycles. The first-order chi connectivity index (χ1) is 14.2. The number of aryl methyl sites for hydroxylation is 1. The number of nitrogens with zero attached hydrogens (tertiary/aromatic N) is 4. The fraction of sp³-hybridized carbons (Fsp3) is 0.818. The highest BCUT2D eigenvalue weighted by Gasteiger charge is 2.21. The van der Waals surface area contributed by atoms with E-state index in [4.69, 9.17) is 4.74 Å². The third-order valence-electron chi connectivity index (χ3n) is 6.06. The Hall–Kier alpha value is -1.03. The predicted molar refractivity (Wildman–Crippen MR) is 135 cm³/mol. The van der Waals surface area contributed by atoms with Crippen molar-refractivity contribution in [3.8, 4) is 0 Å². The van der Waals surface area contributed by atoms with Crippen molar-refractivity contribution in [2.45, 2.75) is 76.4 Å². The zero-order chi connectivity index (χ0) is 20.3. The van der Waals surface area contributed by atoms with Crippen LogP contribution < -0.4 is 15.5 Å². The fourth-order valence-corrected chi connectivity index (χ4v) is 4.38. The van der Waals surface area contributed by atoms with Crippen molar-refractivity contribution in [2.24, 2.45) is 12.0 Å². The normalized spacial score (nSPS) is 21.1. The van der Waals surface area contributed by atoms with Crippen LogP contribution in [-0.2, 0) is 11.8 Å². The van der Waals surface area contributed by atoms with E-state index in [-0.39, 0.29) is 24.0 Å². The highest BCUT2D eigenvalue weighted by Crippen LogP contribution is 2.20. The largest absolute Gasteiger partial charge is 0.378 e. The average molecular weight is 533 g/mol. The molecule has 1 aliphatic carbocycles. The van der Waals surface area contributed by atoms with Crippen LogP contribution in [0.1, 0.15) is 64.2 Å². The first-order valence-corrected chi connectivity index (χ1v) is 11.6. The number of nitrogens with one attached hydrogen (secondary N) is 2. The van der Waals surface area contributed by atoms with Gasteiger partial charge in [0.2, 0.25) is 0 Å². The maximum atomic E-state index is 6.09. The third kappa shape index (κ3) is 8.61. The van der Waals surface area contributed by atoms with Crippen molar-refractivity contribution in [1.82, 2.24) is 20.4 Å². The number of unbranched alkanes of at least 4 members (excludes halogenated alkanes) is 1. The second kappa shape index (κ2) is 14.1. The quantitative estimate of drug-likeness (QED) is 0.176. The lowest BCUT2D eigenvalue weighted by atomic mass is 10.1. The van der Waals surface area contributed by atoms with Crippen LogP contribution in [0.4, 0.5) is 5.69 Å². The summed E-state index contributed by atoms with van der Waals surface area (Å²) in [4.78, 5) is 6.82. The molecule has 30 heavy (non-hydrogen) atoms. The Morgan fingerprint density at radius 3 is 2.67 bits per heavy atom. The highest BCUT2D eigenvalue weighted by molar-refractivity contribution is 14.0. The lowest BCUT2D eigenvalue weighted by Crippen LogP contribution is -2.51. The molecule has 2 heterocycles. The number of aliphatic imine (C=N–C) groups is 1. The molecule has 0 radical (unpaired) electrons. The molecule has 2 fully saturated rings. The van der Waals surface area contributed by atoms with Gasteiger partial charge in [-0.1, -0.05) is 25.7 Å². The van der Waals surface area contributed by atoms with E-state index in [9.17, 15) is 0 Å². The lowest BCUT2D eigenvalue weighted by Gasteiger charge is -2.34. The van der Waals surface area contributed by atoms with Crippen molar-refractivity contribution in [3.05, 3.63) is 12.4 Å². The summed E-state index contributed by atoms with van der Waals surface area (Å²) in [6, 6.07) is 0.411. The van der Waals surface area contributed by atoms with Gasteiger partial charge in [-0.05, 0) is 38.5 Å². The summed E-state index contributed by atoms with van der Waals surface area (Å²) in [5, 5.41) is 11.4. The predicted octanol–water partition coefficient (Wildman–Crippen LogP) is 3.69. The van der Waals surface area contributed by atoms with Gasteiger partial charge >= 0.3 is 0 Å². The summed E-state index contributed by atoms with van der Waals surface area (Å²) in [6.07, 6.45) is 17.1. The van der Waals surface area contributed by atoms with E-state index in [0.29, 0.717) is 12.1 Å². The molecule has 0 aromatic carbocycles. The van der Waals surface area contributed by atoms with Crippen molar-refractivity contribution in [3.63, 3.8) is 0 Å². The summed E-state index contributed by atoms with van der Waals surface area (Å²) in [5.41, 5.74) is 1.20. The molecular formula is C22H41IN6O. The van der Waals surface area contributed by atoms with E-state index in [1.807, 2.05) is 25.0 Å². The van der Waals surface area contributed by atoms with E-state index >= 15 is 0 Å². The molecule has 1 aromatic rings. The summed E-state index contributed by atoms with van der Waals surface area (Å²) in [5.74, 6) is 0.910. The number of anilines is 1. The van der Waals surface area contributed by atoms with Crippen molar-refractivity contribution in [2.75, 3.05) is 38.2 Å². The molecule has 0 spiro atoms. The molecule has 7 nitrogen and oxygen atoms in total. The summed E-state index contributed by atoms with van der Waals surface area (Å²) in [7, 11) is 3.82. The van der Waals surface area contributed by atoms with Crippen LogP contribution in [0.25, 0.3) is 0 Å². The number of aromatic nitrogens is 2. The summed E-state index contributed by atoms with van der Waals surface area (Å²) in [6.45, 7) is 3.91. The number of guanidine groups is 1. The summed E-state index contributed by atoms with van der Waals surface area (Å²) >= 11 is 0. The van der Waals surface area contributed by atoms with Gasteiger partial charge < -0.3 is 20.3 Å². The first kappa shape index (κ1) is 25.2. The monoisotopic (exact) mass is 532 g/mol. The zero-order valence-electron chi connectivity index (χ0n) is 18.8. The molecule has 1 saturated heterocycles. The Kier molecular flexibility index (Phi) is 11.9. The maximum absolute atomic E-state index is 6.09. The van der Waals surface area contributed by atoms with Crippen molar-refractivity contribution in [1.29, 1.82) is 0 Å². The average Bonchev–Trinajstić information content (AvgIpc) is 3.01. The molecule has 0 amide bonds. The standard InChI is InChI=1S/C22H40N6O.HI/c1-23-22(24-13-7-8-15-29-21-11-5-3-4-6-12-21)26-19-10-9-14-28(17-19)20-16-25-27(2)18-20;/h16,18-19,21H,3-15,17H2,1-2H3,(H2,23,24,26);1H. The fourth-order valence-electron chi connectivity index (χ4n) is 4.38. The second-order valence-electron chi connectivity index (χ2n) is 8.49. The van der Waals surface area contributed by atoms with Gasteiger partial charge in [0, 0.05) is 52.6 Å². The lowest BCUT2D eigenvalue weighted by molar-refractivity contribution is 0.0411. The van der Waals surface area contributed by atoms with Gasteiger partial charge in [0.05, 0.1) is 18.0 Å². The minimum Gasteiger partial charge on any atom is -0.378 e.